The molecular formula is C9H6BrNO. The smallest absolute Gasteiger partial charge is 0.267 e. The molecule has 0 spiro atoms. The third-order valence-electron chi connectivity index (χ3n) is 1.97. The predicted octanol–water partition coefficient (Wildman–Crippen LogP) is 2.33. The summed E-state index contributed by atoms with van der Waals surface area (Å²) in [5.41, 5.74) is 2.61. The van der Waals surface area contributed by atoms with Crippen molar-refractivity contribution in [2.24, 2.45) is 4.99 Å². The highest BCUT2D eigenvalue weighted by Crippen LogP contribution is 2.25. The Labute approximate surface area is 78.4 Å². The van der Waals surface area contributed by atoms with Crippen molar-refractivity contribution in [2.45, 2.75) is 6.92 Å². The second kappa shape index (κ2) is 2.52. The maximum absolute atomic E-state index is 11.2. The zero-order chi connectivity index (χ0) is 8.72. The number of rotatable bonds is 0. The van der Waals surface area contributed by atoms with Crippen LogP contribution in [0.2, 0.25) is 0 Å². The zero-order valence-electron chi connectivity index (χ0n) is 6.47. The molecule has 0 bridgehead atoms. The molecule has 0 saturated heterocycles. The van der Waals surface area contributed by atoms with Crippen molar-refractivity contribution in [1.82, 2.24) is 0 Å². The number of benzene rings is 1. The molecule has 0 atom stereocenters. The summed E-state index contributed by atoms with van der Waals surface area (Å²) < 4.78 is 0.958. The van der Waals surface area contributed by atoms with Gasteiger partial charge in [-0.2, -0.15) is 0 Å². The number of amides is 1. The minimum atomic E-state index is -0.135. The van der Waals surface area contributed by atoms with Gasteiger partial charge < -0.3 is 0 Å². The SMILES string of the molecule is Cc1c(Br)ccc2c1C(=O)N=C2. The molecular weight excluding hydrogens is 218 g/mol. The largest absolute Gasteiger partial charge is 0.277 e. The van der Waals surface area contributed by atoms with Crippen molar-refractivity contribution >= 4 is 28.1 Å². The lowest BCUT2D eigenvalue weighted by atomic mass is 10.0. The molecule has 0 radical (unpaired) electrons. The summed E-state index contributed by atoms with van der Waals surface area (Å²) in [6.45, 7) is 1.91. The predicted molar refractivity (Wildman–Crippen MR) is 50.8 cm³/mol. The number of fused-ring (bicyclic) bond motifs is 1. The lowest BCUT2D eigenvalue weighted by Gasteiger charge is -2.02. The molecule has 1 aliphatic rings. The van der Waals surface area contributed by atoms with Crippen LogP contribution in [-0.4, -0.2) is 12.1 Å². The number of nitrogens with zero attached hydrogens (tertiary/aromatic N) is 1. The Morgan fingerprint density at radius 2 is 2.17 bits per heavy atom. The molecule has 0 unspecified atom stereocenters. The number of hydrogen-bond acceptors (Lipinski definition) is 1. The van der Waals surface area contributed by atoms with Crippen molar-refractivity contribution in [1.29, 1.82) is 0 Å². The Morgan fingerprint density at radius 1 is 1.42 bits per heavy atom. The third-order valence-corrected chi connectivity index (χ3v) is 2.82. The van der Waals surface area contributed by atoms with Gasteiger partial charge in [0.05, 0.1) is 5.56 Å². The fourth-order valence-corrected chi connectivity index (χ4v) is 1.62. The van der Waals surface area contributed by atoms with E-state index in [0.717, 1.165) is 21.2 Å². The van der Waals surface area contributed by atoms with Gasteiger partial charge in [0.25, 0.3) is 5.91 Å². The molecule has 0 saturated carbocycles. The molecule has 1 aromatic rings. The molecule has 0 N–H and O–H groups in total. The van der Waals surface area contributed by atoms with E-state index in [4.69, 9.17) is 0 Å². The van der Waals surface area contributed by atoms with Crippen LogP contribution in [0.4, 0.5) is 0 Å². The zero-order valence-corrected chi connectivity index (χ0v) is 8.05. The van der Waals surface area contributed by atoms with E-state index in [1.165, 1.54) is 0 Å². The van der Waals surface area contributed by atoms with E-state index in [1.807, 2.05) is 19.1 Å². The minimum Gasteiger partial charge on any atom is -0.267 e. The fraction of sp³-hybridized carbons (Fsp3) is 0.111. The van der Waals surface area contributed by atoms with Gasteiger partial charge in [-0.15, -0.1) is 0 Å². The quantitative estimate of drug-likeness (QED) is 0.664. The van der Waals surface area contributed by atoms with Crippen LogP contribution in [0.15, 0.2) is 21.6 Å². The van der Waals surface area contributed by atoms with E-state index in [-0.39, 0.29) is 5.91 Å². The van der Waals surface area contributed by atoms with E-state index in [0.29, 0.717) is 0 Å². The van der Waals surface area contributed by atoms with Crippen LogP contribution in [-0.2, 0) is 0 Å². The van der Waals surface area contributed by atoms with Gasteiger partial charge >= 0.3 is 0 Å². The van der Waals surface area contributed by atoms with Gasteiger partial charge in [0.1, 0.15) is 0 Å². The van der Waals surface area contributed by atoms with Crippen molar-refractivity contribution < 1.29 is 4.79 Å². The van der Waals surface area contributed by atoms with Gasteiger partial charge in [-0.3, -0.25) is 4.79 Å². The molecule has 1 heterocycles. The van der Waals surface area contributed by atoms with E-state index in [9.17, 15) is 4.79 Å². The fourth-order valence-electron chi connectivity index (χ4n) is 1.29. The Bertz CT molecular complexity index is 396. The lowest BCUT2D eigenvalue weighted by Crippen LogP contribution is -1.96. The van der Waals surface area contributed by atoms with Gasteiger partial charge in [-0.05, 0) is 18.6 Å². The highest BCUT2D eigenvalue weighted by atomic mass is 79.9. The second-order valence-electron chi connectivity index (χ2n) is 2.70. The van der Waals surface area contributed by atoms with Gasteiger partial charge in [0.2, 0.25) is 0 Å². The molecule has 2 nitrogen and oxygen atoms in total. The first-order valence-electron chi connectivity index (χ1n) is 3.57. The number of aliphatic imine (C=N–C) groups is 1. The van der Waals surface area contributed by atoms with Gasteiger partial charge in [-0.25, -0.2) is 4.99 Å². The van der Waals surface area contributed by atoms with Crippen LogP contribution in [0.5, 0.6) is 0 Å². The molecule has 1 aliphatic heterocycles. The van der Waals surface area contributed by atoms with E-state index in [1.54, 1.807) is 6.21 Å². The Morgan fingerprint density at radius 3 is 2.92 bits per heavy atom. The summed E-state index contributed by atoms with van der Waals surface area (Å²) in [6, 6.07) is 3.82. The molecule has 0 aliphatic carbocycles. The topological polar surface area (TPSA) is 29.4 Å². The summed E-state index contributed by atoms with van der Waals surface area (Å²) in [5.74, 6) is -0.135. The molecule has 2 rings (SSSR count). The van der Waals surface area contributed by atoms with Crippen LogP contribution >= 0.6 is 15.9 Å². The maximum atomic E-state index is 11.2. The summed E-state index contributed by atoms with van der Waals surface area (Å²) in [4.78, 5) is 14.9. The first-order valence-corrected chi connectivity index (χ1v) is 4.37. The maximum Gasteiger partial charge on any atom is 0.277 e. The number of carbonyl (C=O) groups excluding carboxylic acids is 1. The first kappa shape index (κ1) is 7.68. The van der Waals surface area contributed by atoms with E-state index < -0.39 is 0 Å². The molecule has 12 heavy (non-hydrogen) atoms. The standard InChI is InChI=1S/C9H6BrNO/c1-5-7(10)3-2-6-4-11-9(12)8(5)6/h2-4H,1H3. The Balaban J connectivity index is 2.76. The van der Waals surface area contributed by atoms with Crippen molar-refractivity contribution in [3.63, 3.8) is 0 Å². The number of halogens is 1. The molecule has 0 fully saturated rings. The van der Waals surface area contributed by atoms with Crippen LogP contribution < -0.4 is 0 Å². The van der Waals surface area contributed by atoms with Crippen LogP contribution in [0, 0.1) is 6.92 Å². The van der Waals surface area contributed by atoms with Gasteiger partial charge in [-0.1, -0.05) is 22.0 Å². The molecule has 0 aromatic heterocycles. The molecule has 60 valence electrons. The second-order valence-corrected chi connectivity index (χ2v) is 3.55. The lowest BCUT2D eigenvalue weighted by molar-refractivity contribution is 0.101. The number of hydrogen-bond donors (Lipinski definition) is 0. The highest BCUT2D eigenvalue weighted by Gasteiger charge is 2.18. The van der Waals surface area contributed by atoms with E-state index in [2.05, 4.69) is 20.9 Å². The summed E-state index contributed by atoms with van der Waals surface area (Å²) in [6.07, 6.45) is 1.61. The van der Waals surface area contributed by atoms with Crippen LogP contribution in [0.25, 0.3) is 0 Å². The monoisotopic (exact) mass is 223 g/mol. The van der Waals surface area contributed by atoms with Crippen LogP contribution in [0.1, 0.15) is 21.5 Å². The summed E-state index contributed by atoms with van der Waals surface area (Å²) in [7, 11) is 0. The molecule has 3 heteroatoms. The van der Waals surface area contributed by atoms with Gasteiger partial charge in [0, 0.05) is 16.3 Å². The summed E-state index contributed by atoms with van der Waals surface area (Å²) in [5, 5.41) is 0. The average Bonchev–Trinajstić information content (AvgIpc) is 2.41. The highest BCUT2D eigenvalue weighted by molar-refractivity contribution is 9.10. The van der Waals surface area contributed by atoms with Crippen molar-refractivity contribution in [3.05, 3.63) is 33.3 Å². The van der Waals surface area contributed by atoms with Crippen molar-refractivity contribution in [2.75, 3.05) is 0 Å². The first-order chi connectivity index (χ1) is 5.70. The Hall–Kier alpha value is -0.960. The summed E-state index contributed by atoms with van der Waals surface area (Å²) >= 11 is 3.37. The Kier molecular flexibility index (Phi) is 1.61. The number of carbonyl (C=O) groups is 1. The molecule has 1 aromatic carbocycles. The average molecular weight is 224 g/mol. The van der Waals surface area contributed by atoms with Crippen LogP contribution in [0.3, 0.4) is 0 Å². The van der Waals surface area contributed by atoms with E-state index >= 15 is 0 Å². The van der Waals surface area contributed by atoms with Gasteiger partial charge in [0.15, 0.2) is 0 Å². The minimum absolute atomic E-state index is 0.135. The molecule has 1 amide bonds. The third kappa shape index (κ3) is 0.932. The normalized spacial score (nSPS) is 13.7. The van der Waals surface area contributed by atoms with Crippen molar-refractivity contribution in [3.8, 4) is 0 Å².